The van der Waals surface area contributed by atoms with E-state index < -0.39 is 0 Å². The van der Waals surface area contributed by atoms with E-state index in [1.165, 1.54) is 60.1 Å². The highest BCUT2D eigenvalue weighted by Crippen LogP contribution is 2.52. The fourth-order valence-electron chi connectivity index (χ4n) is 9.55. The van der Waals surface area contributed by atoms with Gasteiger partial charge in [-0.15, -0.1) is 0 Å². The molecule has 58 heavy (non-hydrogen) atoms. The van der Waals surface area contributed by atoms with E-state index in [1.54, 1.807) is 0 Å². The van der Waals surface area contributed by atoms with Crippen molar-refractivity contribution in [2.24, 2.45) is 0 Å². The number of furan rings is 1. The van der Waals surface area contributed by atoms with Crippen LogP contribution in [-0.2, 0) is 5.41 Å². The number of hydrogen-bond donors (Lipinski definition) is 0. The summed E-state index contributed by atoms with van der Waals surface area (Å²) in [5.74, 6) is 1.88. The molecule has 1 aliphatic carbocycles. The second-order valence-corrected chi connectivity index (χ2v) is 15.9. The molecule has 1 aliphatic rings. The summed E-state index contributed by atoms with van der Waals surface area (Å²) in [5, 5.41) is 9.44. The molecule has 0 amide bonds. The second-order valence-electron chi connectivity index (χ2n) is 15.9. The zero-order chi connectivity index (χ0) is 38.5. The first-order valence-corrected chi connectivity index (χ1v) is 19.9. The Hall–Kier alpha value is -7.43. The van der Waals surface area contributed by atoms with Crippen LogP contribution in [-0.4, -0.2) is 15.0 Å². The zero-order valence-corrected chi connectivity index (χ0v) is 32.0. The SMILES string of the molecule is CC1(C)c2ccccc2-c2c(-c3nc(-c4ccccc4)nc(-c4cccc5oc6ccc(-c7cc8c9ccccc9ccc8c8ccccc78)cc6c45)n3)cccc21. The molecule has 4 heteroatoms. The van der Waals surface area contributed by atoms with Crippen molar-refractivity contribution in [2.75, 3.05) is 0 Å². The average Bonchev–Trinajstić information content (AvgIpc) is 3.77. The van der Waals surface area contributed by atoms with Gasteiger partial charge in [0.1, 0.15) is 11.2 Å². The third-order valence-corrected chi connectivity index (χ3v) is 12.3. The van der Waals surface area contributed by atoms with E-state index in [4.69, 9.17) is 19.4 Å². The second kappa shape index (κ2) is 12.3. The van der Waals surface area contributed by atoms with Crippen LogP contribution in [0.3, 0.4) is 0 Å². The summed E-state index contributed by atoms with van der Waals surface area (Å²) in [5.41, 5.74) is 11.6. The molecule has 0 bridgehead atoms. The summed E-state index contributed by atoms with van der Waals surface area (Å²) in [6.45, 7) is 4.61. The van der Waals surface area contributed by atoms with Gasteiger partial charge < -0.3 is 4.42 Å². The van der Waals surface area contributed by atoms with E-state index in [1.807, 2.05) is 30.3 Å². The fourth-order valence-corrected chi connectivity index (χ4v) is 9.55. The maximum atomic E-state index is 6.60. The van der Waals surface area contributed by atoms with Gasteiger partial charge in [-0.05, 0) is 90.0 Å². The first-order valence-electron chi connectivity index (χ1n) is 19.9. The lowest BCUT2D eigenvalue weighted by Gasteiger charge is -2.21. The smallest absolute Gasteiger partial charge is 0.164 e. The van der Waals surface area contributed by atoms with Crippen LogP contribution in [0.1, 0.15) is 25.0 Å². The van der Waals surface area contributed by atoms with Crippen LogP contribution in [0.2, 0.25) is 0 Å². The normalized spacial score (nSPS) is 13.1. The van der Waals surface area contributed by atoms with Crippen LogP contribution >= 0.6 is 0 Å². The largest absolute Gasteiger partial charge is 0.456 e. The Balaban J connectivity index is 1.10. The number of aromatic nitrogens is 3. The molecule has 0 radical (unpaired) electrons. The van der Waals surface area contributed by atoms with Gasteiger partial charge in [-0.2, -0.15) is 0 Å². The van der Waals surface area contributed by atoms with Gasteiger partial charge in [-0.25, -0.2) is 15.0 Å². The van der Waals surface area contributed by atoms with Crippen LogP contribution in [0, 0.1) is 0 Å². The minimum absolute atomic E-state index is 0.150. The highest BCUT2D eigenvalue weighted by atomic mass is 16.3. The lowest BCUT2D eigenvalue weighted by atomic mass is 9.82. The lowest BCUT2D eigenvalue weighted by Crippen LogP contribution is -2.14. The molecule has 2 heterocycles. The van der Waals surface area contributed by atoms with Crippen molar-refractivity contribution in [1.29, 1.82) is 0 Å². The van der Waals surface area contributed by atoms with Crippen molar-refractivity contribution >= 4 is 54.3 Å². The van der Waals surface area contributed by atoms with Gasteiger partial charge >= 0.3 is 0 Å². The molecular formula is C54H35N3O. The Morgan fingerprint density at radius 1 is 0.379 bits per heavy atom. The molecule has 0 spiro atoms. The van der Waals surface area contributed by atoms with Crippen LogP contribution in [0.15, 0.2) is 180 Å². The molecule has 272 valence electrons. The number of rotatable bonds is 4. The Morgan fingerprint density at radius 3 is 1.91 bits per heavy atom. The monoisotopic (exact) mass is 741 g/mol. The first kappa shape index (κ1) is 32.8. The summed E-state index contributed by atoms with van der Waals surface area (Å²) in [7, 11) is 0. The molecule has 0 fully saturated rings. The molecule has 0 atom stereocenters. The molecular weight excluding hydrogens is 707 g/mol. The predicted octanol–water partition coefficient (Wildman–Crippen LogP) is 14.2. The molecule has 2 aromatic heterocycles. The van der Waals surface area contributed by atoms with Crippen molar-refractivity contribution in [3.63, 3.8) is 0 Å². The number of nitrogens with zero attached hydrogens (tertiary/aromatic N) is 3. The Kier molecular flexibility index (Phi) is 6.94. The molecule has 12 rings (SSSR count). The van der Waals surface area contributed by atoms with Gasteiger partial charge in [0.15, 0.2) is 17.5 Å². The summed E-state index contributed by atoms with van der Waals surface area (Å²) < 4.78 is 6.60. The summed E-state index contributed by atoms with van der Waals surface area (Å²) in [4.78, 5) is 15.8. The number of benzene rings is 9. The third-order valence-electron chi connectivity index (χ3n) is 12.3. The average molecular weight is 742 g/mol. The maximum absolute atomic E-state index is 6.60. The van der Waals surface area contributed by atoms with Gasteiger partial charge in [0, 0.05) is 32.9 Å². The first-order chi connectivity index (χ1) is 28.5. The molecule has 9 aromatic carbocycles. The molecule has 0 saturated carbocycles. The van der Waals surface area contributed by atoms with E-state index in [2.05, 4.69) is 159 Å². The van der Waals surface area contributed by atoms with E-state index >= 15 is 0 Å². The topological polar surface area (TPSA) is 51.8 Å². The van der Waals surface area contributed by atoms with Crippen molar-refractivity contribution < 1.29 is 4.42 Å². The molecule has 11 aromatic rings. The van der Waals surface area contributed by atoms with Gasteiger partial charge in [-0.3, -0.25) is 0 Å². The minimum atomic E-state index is -0.150. The Morgan fingerprint density at radius 2 is 1.03 bits per heavy atom. The molecule has 4 nitrogen and oxygen atoms in total. The summed E-state index contributed by atoms with van der Waals surface area (Å²) in [6, 6.07) is 62.5. The van der Waals surface area contributed by atoms with Crippen molar-refractivity contribution in [1.82, 2.24) is 15.0 Å². The third kappa shape index (κ3) is 4.78. The number of hydrogen-bond acceptors (Lipinski definition) is 4. The van der Waals surface area contributed by atoms with Gasteiger partial charge in [0.05, 0.1) is 0 Å². The minimum Gasteiger partial charge on any atom is -0.456 e. The van der Waals surface area contributed by atoms with Crippen molar-refractivity contribution in [3.05, 3.63) is 187 Å². The summed E-state index contributed by atoms with van der Waals surface area (Å²) in [6.07, 6.45) is 0. The highest BCUT2D eigenvalue weighted by molar-refractivity contribution is 6.21. The standard InChI is InChI=1S/C54H35N3O/c1-54(2)45-23-11-10-20-39(45)49-40(21-12-24-46(49)54)52-55-51(33-15-4-3-5-16-33)56-53(57-52)41-22-13-25-48-50(41)44-30-34(27-29-47(44)58-48)42-31-43-35-17-7-6-14-32(35)26-28-38(43)36-18-8-9-19-37(36)42/h3-31H,1-2H3. The number of fused-ring (bicyclic) bond motifs is 11. The van der Waals surface area contributed by atoms with E-state index in [-0.39, 0.29) is 5.41 Å². The van der Waals surface area contributed by atoms with Gasteiger partial charge in [0.2, 0.25) is 0 Å². The van der Waals surface area contributed by atoms with Gasteiger partial charge in [-0.1, -0.05) is 166 Å². The van der Waals surface area contributed by atoms with Crippen molar-refractivity contribution in [3.8, 4) is 56.4 Å². The van der Waals surface area contributed by atoms with Gasteiger partial charge in [0.25, 0.3) is 0 Å². The van der Waals surface area contributed by atoms with E-state index in [9.17, 15) is 0 Å². The predicted molar refractivity (Wildman–Crippen MR) is 239 cm³/mol. The molecule has 0 saturated heterocycles. The van der Waals surface area contributed by atoms with E-state index in [0.29, 0.717) is 17.5 Å². The summed E-state index contributed by atoms with van der Waals surface area (Å²) >= 11 is 0. The van der Waals surface area contributed by atoms with Crippen molar-refractivity contribution in [2.45, 2.75) is 19.3 Å². The molecule has 0 N–H and O–H groups in total. The Bertz CT molecular complexity index is 3490. The van der Waals surface area contributed by atoms with Crippen LogP contribution in [0.5, 0.6) is 0 Å². The maximum Gasteiger partial charge on any atom is 0.164 e. The quantitative estimate of drug-likeness (QED) is 0.169. The Labute approximate surface area is 335 Å². The van der Waals surface area contributed by atoms with Crippen LogP contribution in [0.4, 0.5) is 0 Å². The van der Waals surface area contributed by atoms with E-state index in [0.717, 1.165) is 44.2 Å². The lowest BCUT2D eigenvalue weighted by molar-refractivity contribution is 0.660. The zero-order valence-electron chi connectivity index (χ0n) is 32.0. The van der Waals surface area contributed by atoms with Crippen LogP contribution < -0.4 is 0 Å². The highest BCUT2D eigenvalue weighted by Gasteiger charge is 2.37. The molecule has 0 unspecified atom stereocenters. The molecule has 0 aliphatic heterocycles. The van der Waals surface area contributed by atoms with Crippen LogP contribution in [0.25, 0.3) is 111 Å². The fraction of sp³-hybridized carbons (Fsp3) is 0.0556.